The van der Waals surface area contributed by atoms with E-state index in [9.17, 15) is 0 Å². The zero-order valence-corrected chi connectivity index (χ0v) is 24.3. The lowest BCUT2D eigenvalue weighted by Gasteiger charge is -2.10. The van der Waals surface area contributed by atoms with Gasteiger partial charge in [-0.3, -0.25) is 0 Å². The van der Waals surface area contributed by atoms with Gasteiger partial charge in [0.05, 0.1) is 19.2 Å². The molecular weight excluding hydrogens is 574 g/mol. The van der Waals surface area contributed by atoms with E-state index >= 15 is 0 Å². The predicted molar refractivity (Wildman–Crippen MR) is 192 cm³/mol. The summed E-state index contributed by atoms with van der Waals surface area (Å²) in [7, 11) is 0. The molecule has 0 fully saturated rings. The Balaban J connectivity index is 1.29. The van der Waals surface area contributed by atoms with Gasteiger partial charge in [0.2, 0.25) is 0 Å². The van der Waals surface area contributed by atoms with E-state index in [0.717, 1.165) is 10.8 Å². The van der Waals surface area contributed by atoms with Crippen LogP contribution in [0, 0.1) is 0 Å². The van der Waals surface area contributed by atoms with Gasteiger partial charge in [0.1, 0.15) is 11.2 Å². The molecule has 7 aromatic carbocycles. The third-order valence-corrected chi connectivity index (χ3v) is 7.77. The van der Waals surface area contributed by atoms with Crippen molar-refractivity contribution in [1.82, 2.24) is 15.0 Å². The molecule has 4 heteroatoms. The maximum Gasteiger partial charge on any atom is 0.164 e. The van der Waals surface area contributed by atoms with Gasteiger partial charge in [0, 0.05) is 27.5 Å². The van der Waals surface area contributed by atoms with Crippen LogP contribution in [0.5, 0.6) is 0 Å². The Hall–Kier alpha value is -6.39. The molecule has 2 aromatic heterocycles. The SMILES string of the molecule is [2H]c1c([2H])c([2H])c(-c2ccc3c(c2)oc2cccc(-c4nc(-c5ccc6ccccc6c5)nc(-c5c([2H])c([2H])c(-c6c([2H])c([2H])c([2H])c([2H])c6[2H])c([2H])c5[2H])n4)c23)c([2H])c1[2H]. The van der Waals surface area contributed by atoms with Crippen molar-refractivity contribution in [2.24, 2.45) is 0 Å². The fourth-order valence-corrected chi connectivity index (χ4v) is 5.55. The number of aromatic nitrogens is 3. The molecule has 0 radical (unpaired) electrons. The molecule has 9 aromatic rings. The van der Waals surface area contributed by atoms with Gasteiger partial charge >= 0.3 is 0 Å². The quantitative estimate of drug-likeness (QED) is 0.193. The van der Waals surface area contributed by atoms with Crippen LogP contribution in [-0.2, 0) is 0 Å². The zero-order chi connectivity index (χ0) is 43.3. The summed E-state index contributed by atoms with van der Waals surface area (Å²) >= 11 is 0. The second-order valence-corrected chi connectivity index (χ2v) is 10.6. The molecule has 0 N–H and O–H groups in total. The Kier molecular flexibility index (Phi) is 3.87. The van der Waals surface area contributed by atoms with E-state index in [0.29, 0.717) is 38.6 Å². The van der Waals surface area contributed by atoms with Crippen molar-refractivity contribution in [2.75, 3.05) is 0 Å². The topological polar surface area (TPSA) is 51.8 Å². The molecule has 0 amide bonds. The van der Waals surface area contributed by atoms with Crippen LogP contribution in [0.4, 0.5) is 0 Å². The lowest BCUT2D eigenvalue weighted by molar-refractivity contribution is 0.669. The standard InChI is InChI=1S/C43H27N3O/c1-3-10-28(11-4-1)31-18-21-32(22-19-31)41-44-42(35-23-20-30-14-7-8-15-33(30)26-35)46-43(45-41)37-16-9-17-38-40(37)36-25-24-34(27-39(36)47-38)29-12-5-2-6-13-29/h1-27H/i1D,2D,3D,4D,5D,6D,10D,11D,12D,13D,18D,19D,21D,22D. The summed E-state index contributed by atoms with van der Waals surface area (Å²) in [5.74, 6) is -0.0284. The van der Waals surface area contributed by atoms with Crippen molar-refractivity contribution in [3.63, 3.8) is 0 Å². The van der Waals surface area contributed by atoms with E-state index in [4.69, 9.17) is 38.6 Å². The highest BCUT2D eigenvalue weighted by Gasteiger charge is 2.18. The second-order valence-electron chi connectivity index (χ2n) is 10.6. The molecule has 0 unspecified atom stereocenters. The van der Waals surface area contributed by atoms with E-state index in [1.807, 2.05) is 36.4 Å². The number of nitrogens with zero attached hydrogens (tertiary/aromatic N) is 3. The normalized spacial score (nSPS) is 15.6. The fraction of sp³-hybridized carbons (Fsp3) is 0. The first-order chi connectivity index (χ1) is 29.1. The van der Waals surface area contributed by atoms with Crippen LogP contribution in [0.3, 0.4) is 0 Å². The van der Waals surface area contributed by atoms with Crippen molar-refractivity contribution >= 4 is 32.7 Å². The van der Waals surface area contributed by atoms with Crippen molar-refractivity contribution in [2.45, 2.75) is 0 Å². The number of furan rings is 1. The molecule has 0 aliphatic carbocycles. The number of hydrogen-bond acceptors (Lipinski definition) is 4. The lowest BCUT2D eigenvalue weighted by atomic mass is 10.0. The summed E-state index contributed by atoms with van der Waals surface area (Å²) < 4.78 is 125. The third-order valence-electron chi connectivity index (χ3n) is 7.77. The number of benzene rings is 7. The first kappa shape index (κ1) is 16.3. The van der Waals surface area contributed by atoms with Crippen molar-refractivity contribution in [3.05, 3.63) is 163 Å². The van der Waals surface area contributed by atoms with Crippen LogP contribution in [-0.4, -0.2) is 15.0 Å². The van der Waals surface area contributed by atoms with Crippen molar-refractivity contribution < 1.29 is 23.6 Å². The van der Waals surface area contributed by atoms with Crippen LogP contribution < -0.4 is 0 Å². The molecule has 0 saturated heterocycles. The minimum absolute atomic E-state index is 0.00762. The summed E-state index contributed by atoms with van der Waals surface area (Å²) in [5, 5.41) is 2.93. The highest BCUT2D eigenvalue weighted by molar-refractivity contribution is 6.12. The largest absolute Gasteiger partial charge is 0.456 e. The van der Waals surface area contributed by atoms with Gasteiger partial charge < -0.3 is 4.42 Å². The molecule has 0 aliphatic heterocycles. The van der Waals surface area contributed by atoms with Gasteiger partial charge in [0.15, 0.2) is 17.5 Å². The Morgan fingerprint density at radius 2 is 1.04 bits per heavy atom. The first-order valence-corrected chi connectivity index (χ1v) is 14.5. The molecule has 9 rings (SSSR count). The summed E-state index contributed by atoms with van der Waals surface area (Å²) in [4.78, 5) is 14.3. The molecular formula is C43H27N3O. The van der Waals surface area contributed by atoms with Crippen LogP contribution in [0.25, 0.3) is 89.1 Å². The van der Waals surface area contributed by atoms with Gasteiger partial charge in [-0.2, -0.15) is 0 Å². The van der Waals surface area contributed by atoms with E-state index in [1.165, 1.54) is 0 Å². The van der Waals surface area contributed by atoms with Gasteiger partial charge in [0.25, 0.3) is 0 Å². The third kappa shape index (κ3) is 4.93. The van der Waals surface area contributed by atoms with Gasteiger partial charge in [-0.1, -0.05) is 139 Å². The maximum absolute atomic E-state index is 9.16. The predicted octanol–water partition coefficient (Wildman–Crippen LogP) is 11.3. The van der Waals surface area contributed by atoms with Crippen molar-refractivity contribution in [3.8, 4) is 56.4 Å². The number of fused-ring (bicyclic) bond motifs is 4. The average Bonchev–Trinajstić information content (AvgIpc) is 3.65. The fourth-order valence-electron chi connectivity index (χ4n) is 5.55. The summed E-state index contributed by atoms with van der Waals surface area (Å²) in [5.41, 5.74) is 0.781. The Labute approximate surface area is 291 Å². The van der Waals surface area contributed by atoms with E-state index in [1.54, 1.807) is 42.5 Å². The van der Waals surface area contributed by atoms with E-state index < -0.39 is 83.6 Å². The highest BCUT2D eigenvalue weighted by atomic mass is 16.3. The Morgan fingerprint density at radius 1 is 0.426 bits per heavy atom. The molecule has 0 saturated carbocycles. The summed E-state index contributed by atoms with van der Waals surface area (Å²) in [6, 6.07) is 15.1. The van der Waals surface area contributed by atoms with Gasteiger partial charge in [-0.25, -0.2) is 15.0 Å². The molecule has 4 nitrogen and oxygen atoms in total. The first-order valence-electron chi connectivity index (χ1n) is 21.5. The zero-order valence-electron chi connectivity index (χ0n) is 38.3. The van der Waals surface area contributed by atoms with Gasteiger partial charge in [-0.05, 0) is 57.3 Å². The Bertz CT molecular complexity index is 3300. The Morgan fingerprint density at radius 3 is 1.81 bits per heavy atom. The van der Waals surface area contributed by atoms with Crippen LogP contribution in [0.1, 0.15) is 19.2 Å². The van der Waals surface area contributed by atoms with E-state index in [-0.39, 0.29) is 40.7 Å². The van der Waals surface area contributed by atoms with Crippen molar-refractivity contribution in [1.29, 1.82) is 0 Å². The molecule has 2 heterocycles. The summed E-state index contributed by atoms with van der Waals surface area (Å²) in [6.45, 7) is 0. The number of rotatable bonds is 5. The smallest absolute Gasteiger partial charge is 0.164 e. The molecule has 0 atom stereocenters. The molecule has 0 aliphatic rings. The molecule has 220 valence electrons. The van der Waals surface area contributed by atoms with E-state index in [2.05, 4.69) is 0 Å². The summed E-state index contributed by atoms with van der Waals surface area (Å²) in [6.07, 6.45) is 0. The van der Waals surface area contributed by atoms with Crippen LogP contribution in [0.2, 0.25) is 0 Å². The van der Waals surface area contributed by atoms with Crippen LogP contribution in [0.15, 0.2) is 168 Å². The lowest BCUT2D eigenvalue weighted by Crippen LogP contribution is -2.00. The van der Waals surface area contributed by atoms with Gasteiger partial charge in [-0.15, -0.1) is 0 Å². The molecule has 0 bridgehead atoms. The second kappa shape index (κ2) is 11.2. The highest BCUT2D eigenvalue weighted by Crippen LogP contribution is 2.38. The minimum atomic E-state index is -0.690. The van der Waals surface area contributed by atoms with Crippen LogP contribution >= 0.6 is 0 Å². The average molecular weight is 616 g/mol. The molecule has 0 spiro atoms. The maximum atomic E-state index is 9.16. The monoisotopic (exact) mass is 615 g/mol. The minimum Gasteiger partial charge on any atom is -0.456 e. The molecule has 47 heavy (non-hydrogen) atoms. The number of hydrogen-bond donors (Lipinski definition) is 0.